The van der Waals surface area contributed by atoms with Crippen LogP contribution in [0.2, 0.25) is 0 Å². The van der Waals surface area contributed by atoms with Crippen molar-refractivity contribution in [3.63, 3.8) is 0 Å². The van der Waals surface area contributed by atoms with Crippen molar-refractivity contribution >= 4 is 0 Å². The minimum absolute atomic E-state index is 0.264. The normalized spacial score (nSPS) is 25.1. The number of rotatable bonds is 7. The lowest BCUT2D eigenvalue weighted by molar-refractivity contribution is 0.0276. The van der Waals surface area contributed by atoms with E-state index in [-0.39, 0.29) is 5.54 Å². The molecule has 0 amide bonds. The third-order valence-corrected chi connectivity index (χ3v) is 3.76. The highest BCUT2D eigenvalue weighted by atomic mass is 16.5. The predicted molar refractivity (Wildman–Crippen MR) is 73.5 cm³/mol. The molecule has 1 atom stereocenters. The van der Waals surface area contributed by atoms with Crippen molar-refractivity contribution in [1.82, 2.24) is 10.2 Å². The van der Waals surface area contributed by atoms with Gasteiger partial charge >= 0.3 is 0 Å². The van der Waals surface area contributed by atoms with E-state index in [0.29, 0.717) is 6.04 Å². The van der Waals surface area contributed by atoms with Crippen molar-refractivity contribution in [3.05, 3.63) is 0 Å². The highest BCUT2D eigenvalue weighted by molar-refractivity contribution is 4.92. The van der Waals surface area contributed by atoms with Gasteiger partial charge in [0.25, 0.3) is 0 Å². The van der Waals surface area contributed by atoms with Gasteiger partial charge in [0.15, 0.2) is 0 Å². The Hall–Kier alpha value is -0.120. The van der Waals surface area contributed by atoms with Gasteiger partial charge in [0, 0.05) is 37.8 Å². The van der Waals surface area contributed by atoms with Gasteiger partial charge in [-0.15, -0.1) is 0 Å². The van der Waals surface area contributed by atoms with Crippen molar-refractivity contribution in [3.8, 4) is 0 Å². The lowest BCUT2D eigenvalue weighted by Gasteiger charge is -2.46. The van der Waals surface area contributed by atoms with Crippen LogP contribution in [0.4, 0.5) is 0 Å². The molecule has 1 aliphatic rings. The predicted octanol–water partition coefficient (Wildman–Crippen LogP) is 2.27. The summed E-state index contributed by atoms with van der Waals surface area (Å²) in [7, 11) is 0. The topological polar surface area (TPSA) is 24.5 Å². The van der Waals surface area contributed by atoms with E-state index in [1.165, 1.54) is 19.3 Å². The van der Waals surface area contributed by atoms with Crippen LogP contribution in [-0.4, -0.2) is 49.3 Å². The summed E-state index contributed by atoms with van der Waals surface area (Å²) in [5.41, 5.74) is 0.264. The second kappa shape index (κ2) is 7.34. The van der Waals surface area contributed by atoms with Crippen LogP contribution in [0.1, 0.15) is 47.0 Å². The SMILES string of the molecule is CCCCOCCN1CC(CC)NCC1(C)C. The smallest absolute Gasteiger partial charge is 0.0593 e. The zero-order valence-corrected chi connectivity index (χ0v) is 12.1. The molecule has 0 spiro atoms. The molecule has 1 saturated heterocycles. The Labute approximate surface area is 107 Å². The minimum Gasteiger partial charge on any atom is -0.380 e. The van der Waals surface area contributed by atoms with Crippen LogP contribution in [0.25, 0.3) is 0 Å². The zero-order chi connectivity index (χ0) is 12.7. The molecule has 1 heterocycles. The molecule has 1 N–H and O–H groups in total. The van der Waals surface area contributed by atoms with E-state index < -0.39 is 0 Å². The molecule has 17 heavy (non-hydrogen) atoms. The number of nitrogens with zero attached hydrogens (tertiary/aromatic N) is 1. The number of hydrogen-bond donors (Lipinski definition) is 1. The van der Waals surface area contributed by atoms with Crippen LogP contribution < -0.4 is 5.32 Å². The summed E-state index contributed by atoms with van der Waals surface area (Å²) in [6.07, 6.45) is 3.61. The number of hydrogen-bond acceptors (Lipinski definition) is 3. The van der Waals surface area contributed by atoms with Gasteiger partial charge in [-0.05, 0) is 26.7 Å². The van der Waals surface area contributed by atoms with Crippen molar-refractivity contribution in [2.75, 3.05) is 32.8 Å². The largest absolute Gasteiger partial charge is 0.380 e. The Morgan fingerprint density at radius 1 is 1.29 bits per heavy atom. The quantitative estimate of drug-likeness (QED) is 0.693. The molecule has 1 fully saturated rings. The van der Waals surface area contributed by atoms with Crippen molar-refractivity contribution in [1.29, 1.82) is 0 Å². The Morgan fingerprint density at radius 2 is 2.06 bits per heavy atom. The van der Waals surface area contributed by atoms with Crippen molar-refractivity contribution < 1.29 is 4.74 Å². The molecule has 0 radical (unpaired) electrons. The van der Waals surface area contributed by atoms with E-state index in [2.05, 4.69) is 37.9 Å². The third-order valence-electron chi connectivity index (χ3n) is 3.76. The van der Waals surface area contributed by atoms with Gasteiger partial charge in [-0.3, -0.25) is 4.90 Å². The molecule has 1 unspecified atom stereocenters. The summed E-state index contributed by atoms with van der Waals surface area (Å²) in [4.78, 5) is 2.57. The second-order valence-corrected chi connectivity index (χ2v) is 5.71. The first-order valence-corrected chi connectivity index (χ1v) is 7.16. The first kappa shape index (κ1) is 14.9. The van der Waals surface area contributed by atoms with E-state index in [9.17, 15) is 0 Å². The van der Waals surface area contributed by atoms with E-state index in [0.717, 1.165) is 32.8 Å². The number of piperazine rings is 1. The van der Waals surface area contributed by atoms with Gasteiger partial charge in [-0.2, -0.15) is 0 Å². The summed E-state index contributed by atoms with van der Waals surface area (Å²) in [5.74, 6) is 0. The standard InChI is InChI=1S/C14H30N2O/c1-5-7-9-17-10-8-16-11-13(6-2)15-12-14(16,3)4/h13,15H,5-12H2,1-4H3. The number of ether oxygens (including phenoxy) is 1. The molecule has 0 aromatic carbocycles. The number of nitrogens with one attached hydrogen (secondary N) is 1. The molecule has 102 valence electrons. The maximum atomic E-state index is 5.68. The molecule has 0 saturated carbocycles. The van der Waals surface area contributed by atoms with Crippen molar-refractivity contribution in [2.24, 2.45) is 0 Å². The van der Waals surface area contributed by atoms with Gasteiger partial charge in [0.1, 0.15) is 0 Å². The van der Waals surface area contributed by atoms with Crippen LogP contribution in [0.15, 0.2) is 0 Å². The molecular weight excluding hydrogens is 212 g/mol. The fraction of sp³-hybridized carbons (Fsp3) is 1.00. The molecule has 0 aromatic rings. The van der Waals surface area contributed by atoms with Crippen LogP contribution in [-0.2, 0) is 4.74 Å². The monoisotopic (exact) mass is 242 g/mol. The van der Waals surface area contributed by atoms with E-state index in [4.69, 9.17) is 4.74 Å². The first-order chi connectivity index (χ1) is 8.10. The second-order valence-electron chi connectivity index (χ2n) is 5.71. The van der Waals surface area contributed by atoms with E-state index >= 15 is 0 Å². The lowest BCUT2D eigenvalue weighted by Crippen LogP contribution is -2.62. The zero-order valence-electron chi connectivity index (χ0n) is 12.1. The third kappa shape index (κ3) is 4.94. The van der Waals surface area contributed by atoms with Crippen molar-refractivity contribution in [2.45, 2.75) is 58.5 Å². The fourth-order valence-corrected chi connectivity index (χ4v) is 2.27. The van der Waals surface area contributed by atoms with Gasteiger partial charge in [0.2, 0.25) is 0 Å². The minimum atomic E-state index is 0.264. The molecule has 3 heteroatoms. The Bertz CT molecular complexity index is 206. The Morgan fingerprint density at radius 3 is 2.71 bits per heavy atom. The molecule has 3 nitrogen and oxygen atoms in total. The summed E-state index contributed by atoms with van der Waals surface area (Å²) < 4.78 is 5.68. The summed E-state index contributed by atoms with van der Waals surface area (Å²) in [5, 5.41) is 3.62. The molecule has 0 aromatic heterocycles. The van der Waals surface area contributed by atoms with Crippen LogP contribution in [0.5, 0.6) is 0 Å². The number of unbranched alkanes of at least 4 members (excludes halogenated alkanes) is 1. The van der Waals surface area contributed by atoms with Gasteiger partial charge in [0.05, 0.1) is 6.61 Å². The summed E-state index contributed by atoms with van der Waals surface area (Å²) >= 11 is 0. The van der Waals surface area contributed by atoms with Gasteiger partial charge < -0.3 is 10.1 Å². The molecule has 1 rings (SSSR count). The average molecular weight is 242 g/mol. The molecule has 1 aliphatic heterocycles. The summed E-state index contributed by atoms with van der Waals surface area (Å²) in [6, 6.07) is 0.652. The first-order valence-electron chi connectivity index (χ1n) is 7.16. The van der Waals surface area contributed by atoms with Gasteiger partial charge in [-0.25, -0.2) is 0 Å². The molecule has 0 bridgehead atoms. The van der Waals surface area contributed by atoms with Crippen LogP contribution in [0, 0.1) is 0 Å². The lowest BCUT2D eigenvalue weighted by atomic mass is 9.96. The van der Waals surface area contributed by atoms with E-state index in [1.807, 2.05) is 0 Å². The van der Waals surface area contributed by atoms with Gasteiger partial charge in [-0.1, -0.05) is 20.3 Å². The fourth-order valence-electron chi connectivity index (χ4n) is 2.27. The Balaban J connectivity index is 2.27. The highest BCUT2D eigenvalue weighted by Gasteiger charge is 2.32. The summed E-state index contributed by atoms with van der Waals surface area (Å²) in [6.45, 7) is 14.2. The highest BCUT2D eigenvalue weighted by Crippen LogP contribution is 2.19. The maximum Gasteiger partial charge on any atom is 0.0593 e. The van der Waals surface area contributed by atoms with Crippen LogP contribution >= 0.6 is 0 Å². The Kier molecular flexibility index (Phi) is 6.45. The maximum absolute atomic E-state index is 5.68. The average Bonchev–Trinajstić information content (AvgIpc) is 2.30. The molecular formula is C14H30N2O. The molecule has 0 aliphatic carbocycles. The van der Waals surface area contributed by atoms with E-state index in [1.54, 1.807) is 0 Å². The van der Waals surface area contributed by atoms with Crippen LogP contribution in [0.3, 0.4) is 0 Å².